The predicted molar refractivity (Wildman–Crippen MR) is 543 cm³/mol. The van der Waals surface area contributed by atoms with E-state index in [1.54, 1.807) is 20.8 Å². The van der Waals surface area contributed by atoms with Gasteiger partial charge in [0.15, 0.2) is 18.9 Å². The van der Waals surface area contributed by atoms with Gasteiger partial charge in [-0.05, 0) is 126 Å². The third kappa shape index (κ3) is 57.4. The van der Waals surface area contributed by atoms with Crippen LogP contribution in [0.15, 0.2) is 0 Å². The monoisotopic (exact) mass is 2110 g/mol. The molecule has 0 aliphatic carbocycles. The van der Waals surface area contributed by atoms with Crippen LogP contribution in [-0.2, 0) is 139 Å². The van der Waals surface area contributed by atoms with Gasteiger partial charge in [-0.2, -0.15) is 0 Å². The highest BCUT2D eigenvalue weighted by Gasteiger charge is 2.46. The largest absolute Gasteiger partial charge is 0.487 e. The fourth-order valence-electron chi connectivity index (χ4n) is 17.6. The number of hydrogen-bond acceptors (Lipinski definition) is 39. The molecule has 0 radical (unpaired) electrons. The Bertz CT molecular complexity index is 3290. The number of ether oxygens (including phenoxy) is 25. The molecule has 9 N–H and O–H groups in total. The van der Waals surface area contributed by atoms with Crippen molar-refractivity contribution in [2.45, 2.75) is 323 Å². The molecule has 0 saturated carbocycles. The highest BCUT2D eigenvalue weighted by Crippen LogP contribution is 2.46. The third-order valence-electron chi connectivity index (χ3n) is 27.1. The molecule has 0 amide bonds. The number of aliphatic hydroxyl groups excluding tert-OH is 9. The molecular formula is C108H192O39. The summed E-state index contributed by atoms with van der Waals surface area (Å²) in [5.74, 6) is 1.83. The number of aliphatic hydroxyl groups is 9. The Morgan fingerprint density at radius 2 is 0.626 bits per heavy atom. The van der Waals surface area contributed by atoms with Gasteiger partial charge in [-0.1, -0.05) is 93.4 Å². The molecule has 1 aromatic carbocycles. The van der Waals surface area contributed by atoms with Crippen LogP contribution in [0.5, 0.6) is 11.5 Å². The van der Waals surface area contributed by atoms with Gasteiger partial charge in [0.2, 0.25) is 0 Å². The first kappa shape index (κ1) is 133. The lowest BCUT2D eigenvalue weighted by Crippen LogP contribution is -2.55. The van der Waals surface area contributed by atoms with E-state index in [9.17, 15) is 69.9 Å². The second kappa shape index (κ2) is 81.5. The molecule has 15 unspecified atom stereocenters. The van der Waals surface area contributed by atoms with Crippen LogP contribution in [0.25, 0.3) is 0 Å². The molecule has 0 aromatic heterocycles. The van der Waals surface area contributed by atoms with Gasteiger partial charge >= 0.3 is 5.97 Å². The minimum atomic E-state index is -1.20. The summed E-state index contributed by atoms with van der Waals surface area (Å²) in [5.41, 5.74) is 2.63. The van der Waals surface area contributed by atoms with Crippen LogP contribution in [-0.4, -0.2) is 419 Å². The normalized spacial score (nSPS) is 23.6. The number of fused-ring (bicyclic) bond motifs is 1. The Morgan fingerprint density at radius 3 is 0.973 bits per heavy atom. The molecule has 5 rings (SSSR count). The van der Waals surface area contributed by atoms with E-state index in [0.29, 0.717) is 188 Å². The summed E-state index contributed by atoms with van der Waals surface area (Å²) < 4.78 is 146. The van der Waals surface area contributed by atoms with Crippen molar-refractivity contribution in [3.05, 3.63) is 22.3 Å². The first-order valence-corrected chi connectivity index (χ1v) is 54.6. The number of benzene rings is 1. The second-order valence-corrected chi connectivity index (χ2v) is 40.4. The molecule has 4 heterocycles. The lowest BCUT2D eigenvalue weighted by atomic mass is 9.83. The molecule has 0 bridgehead atoms. The molecule has 4 aliphatic rings. The van der Waals surface area contributed by atoms with Gasteiger partial charge < -0.3 is 164 Å². The van der Waals surface area contributed by atoms with E-state index in [1.165, 1.54) is 44.9 Å². The molecule has 4 aliphatic heterocycles. The third-order valence-corrected chi connectivity index (χ3v) is 27.1. The average molecular weight is 2110 g/mol. The molecule has 39 nitrogen and oxygen atoms in total. The van der Waals surface area contributed by atoms with Crippen molar-refractivity contribution >= 4 is 29.1 Å². The zero-order chi connectivity index (χ0) is 107. The van der Waals surface area contributed by atoms with Crippen LogP contribution >= 0.6 is 0 Å². The van der Waals surface area contributed by atoms with Gasteiger partial charge in [-0.15, -0.1) is 0 Å². The van der Waals surface area contributed by atoms with Crippen LogP contribution in [0.1, 0.15) is 238 Å². The topological polar surface area (TPSA) is 498 Å². The van der Waals surface area contributed by atoms with E-state index in [-0.39, 0.29) is 193 Å². The Kier molecular flexibility index (Phi) is 73.9. The summed E-state index contributed by atoms with van der Waals surface area (Å²) in [5, 5.41) is 89.3. The molecule has 3 fully saturated rings. The number of hydrogen-bond donors (Lipinski definition) is 9. The molecule has 858 valence electrons. The van der Waals surface area contributed by atoms with Crippen molar-refractivity contribution in [3.63, 3.8) is 0 Å². The molecule has 3 saturated heterocycles. The quantitative estimate of drug-likeness (QED) is 0.0167. The lowest BCUT2D eigenvalue weighted by molar-refractivity contribution is -0.284. The zero-order valence-electron chi connectivity index (χ0n) is 90.8. The van der Waals surface area contributed by atoms with Crippen LogP contribution in [0.3, 0.4) is 0 Å². The molecule has 0 spiro atoms. The number of carbonyl (C=O) groups is 5. The number of esters is 1. The van der Waals surface area contributed by atoms with Crippen molar-refractivity contribution < 1.29 is 188 Å². The van der Waals surface area contributed by atoms with Crippen molar-refractivity contribution in [1.29, 1.82) is 0 Å². The summed E-state index contributed by atoms with van der Waals surface area (Å²) in [6.45, 7) is 31.0. The van der Waals surface area contributed by atoms with Gasteiger partial charge in [-0.25, -0.2) is 0 Å². The van der Waals surface area contributed by atoms with Crippen LogP contribution in [0.2, 0.25) is 0 Å². The molecule has 1 aromatic rings. The lowest BCUT2D eigenvalue weighted by Gasteiger charge is -2.40. The minimum Gasteiger partial charge on any atom is -0.487 e. The number of ketones is 4. The summed E-state index contributed by atoms with van der Waals surface area (Å²) in [7, 11) is 0. The predicted octanol–water partition coefficient (Wildman–Crippen LogP) is 8.71. The molecule has 39 heteroatoms. The van der Waals surface area contributed by atoms with Gasteiger partial charge in [0, 0.05) is 140 Å². The highest BCUT2D eigenvalue weighted by atomic mass is 16.7. The fourth-order valence-corrected chi connectivity index (χ4v) is 17.6. The van der Waals surface area contributed by atoms with E-state index in [2.05, 4.69) is 34.6 Å². The number of Topliss-reactive ketones (excluding diaryl/α,β-unsaturated/α-hetero) is 4. The van der Waals surface area contributed by atoms with E-state index in [4.69, 9.17) is 118 Å². The number of rotatable bonds is 96. The van der Waals surface area contributed by atoms with E-state index >= 15 is 0 Å². The summed E-state index contributed by atoms with van der Waals surface area (Å²) in [4.78, 5) is 66.2. The Balaban J connectivity index is 1.06. The summed E-state index contributed by atoms with van der Waals surface area (Å²) >= 11 is 0. The number of carbonyl (C=O) groups excluding carboxylic acids is 5. The maximum absolute atomic E-state index is 14.3. The Morgan fingerprint density at radius 1 is 0.333 bits per heavy atom. The van der Waals surface area contributed by atoms with Crippen molar-refractivity contribution in [2.24, 2.45) is 40.9 Å². The van der Waals surface area contributed by atoms with Gasteiger partial charge in [0.25, 0.3) is 0 Å². The summed E-state index contributed by atoms with van der Waals surface area (Å²) in [6, 6.07) is 0. The standard InChI is InChI=1S/C108H192O39/c1-78(2)21-12-22-79(3)23-13-24-80(4)25-14-35-107(11)36-29-91-83(7)102(81(5)82(6)103(91)147-107)146-95(116)34-50-130-55-54-129-49-33-90(115)71-108(75-137-43-18-40-123-46-30-87(112)26-15-37-126-51-56-131-59-62-134-65-68-140-104-84(8)96(117)99(120)92(72-109)143-104,76-138-44-19-41-124-47-31-88(113)27-16-38-127-52-57-132-60-63-135-66-69-141-105-85(9)97(118)100(121)93(73-110)144-105)77-139-45-20-42-125-48-32-89(114)28-17-39-128-53-58-133-61-64-136-67-70-142-106-86(10)98(119)101(122)94(74-111)145-106/h78-80,84-86,92-94,96-101,104-106,109-111,117-122H,12-77H2,1-11H3/t79-,80-,84?,85?,86?,92?,93?,94?,96?,97?,98?,99?,100?,101?,104?,105?,106?,107-,108?/m1/s1. The van der Waals surface area contributed by atoms with Crippen molar-refractivity contribution in [2.75, 3.05) is 264 Å². The van der Waals surface area contributed by atoms with Crippen LogP contribution < -0.4 is 9.47 Å². The Labute approximate surface area is 874 Å². The van der Waals surface area contributed by atoms with E-state index in [1.807, 2.05) is 20.8 Å². The van der Waals surface area contributed by atoms with E-state index in [0.717, 1.165) is 65.5 Å². The van der Waals surface area contributed by atoms with E-state index < -0.39 is 123 Å². The maximum Gasteiger partial charge on any atom is 0.313 e. The van der Waals surface area contributed by atoms with Crippen LogP contribution in [0.4, 0.5) is 0 Å². The van der Waals surface area contributed by atoms with Gasteiger partial charge in [0.1, 0.15) is 76.9 Å². The second-order valence-electron chi connectivity index (χ2n) is 40.4. The van der Waals surface area contributed by atoms with Crippen molar-refractivity contribution in [3.8, 4) is 11.5 Å². The van der Waals surface area contributed by atoms with Gasteiger partial charge in [0.05, 0.1) is 230 Å². The highest BCUT2D eigenvalue weighted by molar-refractivity contribution is 5.80. The maximum atomic E-state index is 14.3. The Hall–Kier alpha value is -4.11. The first-order chi connectivity index (χ1) is 71.0. The SMILES string of the molecule is Cc1c(C)c2c(c(C)c1OC(=O)CCOCCOCCC(=O)CC(COCCCOCCC(=O)CCCOCCOCCOCCOC1OC(CO)C(O)C(O)C1C)(COCCCOCCC(=O)CCCOCCOCCOCCOC1OC(CO)C(O)C(O)C1C)COCCCOCCC(=O)CCCOCCOCCOCCOC1OC(CO)C(O)C(O)C1C)CC[C@@](C)(CCC[C@H](C)CCC[C@H](C)CCCC(C)C)O2. The van der Waals surface area contributed by atoms with Crippen LogP contribution in [0, 0.1) is 61.7 Å². The first-order valence-electron chi connectivity index (χ1n) is 54.6. The van der Waals surface area contributed by atoms with Crippen molar-refractivity contribution in [1.82, 2.24) is 0 Å². The zero-order valence-corrected chi connectivity index (χ0v) is 90.8. The minimum absolute atomic E-state index is 0.0110. The van der Waals surface area contributed by atoms with Gasteiger partial charge in [-0.3, -0.25) is 24.0 Å². The summed E-state index contributed by atoms with van der Waals surface area (Å²) in [6.07, 6.45) is 5.61. The molecule has 147 heavy (non-hydrogen) atoms. The molecule has 18 atom stereocenters. The fraction of sp³-hybridized carbons (Fsp3) is 0.898. The molecular weight excluding hydrogens is 1920 g/mol. The smallest absolute Gasteiger partial charge is 0.313 e. The average Bonchev–Trinajstić information content (AvgIpc) is 0.755.